The van der Waals surface area contributed by atoms with E-state index in [0.29, 0.717) is 16.1 Å². The average molecular weight is 285 g/mol. The minimum Gasteiger partial charge on any atom is -0.351 e. The lowest BCUT2D eigenvalue weighted by molar-refractivity contribution is 0.0942. The molecule has 1 heterocycles. The highest BCUT2D eigenvalue weighted by Crippen LogP contribution is 2.60. The molecule has 0 aliphatic heterocycles. The Kier molecular flexibility index (Phi) is 2.99. The number of carbonyl (C=O) groups excluding carboxylic acids is 1. The van der Waals surface area contributed by atoms with Crippen LogP contribution in [0, 0.1) is 11.3 Å². The Hall–Kier alpha value is -0.800. The van der Waals surface area contributed by atoms with Crippen molar-refractivity contribution in [1.82, 2.24) is 10.3 Å². The van der Waals surface area contributed by atoms with Crippen molar-refractivity contribution in [2.75, 3.05) is 6.54 Å². The molecule has 1 N–H and O–H groups in total. The first-order chi connectivity index (χ1) is 8.61. The van der Waals surface area contributed by atoms with E-state index in [1.54, 1.807) is 12.1 Å². The number of hydrogen-bond acceptors (Lipinski definition) is 2. The molecule has 0 spiro atoms. The predicted molar refractivity (Wildman–Crippen MR) is 71.0 cm³/mol. The largest absolute Gasteiger partial charge is 0.351 e. The zero-order valence-corrected chi connectivity index (χ0v) is 11.4. The van der Waals surface area contributed by atoms with E-state index >= 15 is 0 Å². The van der Waals surface area contributed by atoms with Crippen LogP contribution in [0.25, 0.3) is 0 Å². The quantitative estimate of drug-likeness (QED) is 0.862. The Morgan fingerprint density at radius 2 is 2.11 bits per heavy atom. The van der Waals surface area contributed by atoms with Gasteiger partial charge >= 0.3 is 0 Å². The molecular weight excluding hydrogens is 271 g/mol. The second-order valence-electron chi connectivity index (χ2n) is 5.29. The highest BCUT2D eigenvalue weighted by Gasteiger charge is 2.53. The van der Waals surface area contributed by atoms with Gasteiger partial charge < -0.3 is 5.32 Å². The molecule has 0 aromatic carbocycles. The molecule has 0 atom stereocenters. The Morgan fingerprint density at radius 1 is 1.39 bits per heavy atom. The number of carbonyl (C=O) groups is 1. The highest BCUT2D eigenvalue weighted by atomic mass is 35.5. The molecule has 2 aliphatic rings. The summed E-state index contributed by atoms with van der Waals surface area (Å²) in [6.07, 6.45) is 5.12. The summed E-state index contributed by atoms with van der Waals surface area (Å²) >= 11 is 11.6. The van der Waals surface area contributed by atoms with Gasteiger partial charge in [-0.2, -0.15) is 0 Å². The molecule has 0 unspecified atom stereocenters. The molecule has 0 radical (unpaired) electrons. The maximum absolute atomic E-state index is 12.0. The molecule has 3 rings (SSSR count). The fourth-order valence-corrected chi connectivity index (χ4v) is 2.95. The Bertz CT molecular complexity index is 496. The van der Waals surface area contributed by atoms with Gasteiger partial charge in [0.1, 0.15) is 10.3 Å². The molecule has 1 aromatic heterocycles. The summed E-state index contributed by atoms with van der Waals surface area (Å²) in [4.78, 5) is 15.9. The first-order valence-electron chi connectivity index (χ1n) is 6.21. The first-order valence-corrected chi connectivity index (χ1v) is 6.97. The normalized spacial score (nSPS) is 20.6. The summed E-state index contributed by atoms with van der Waals surface area (Å²) in [5.74, 6) is 0.674. The summed E-state index contributed by atoms with van der Waals surface area (Å²) in [5, 5.41) is 3.44. The van der Waals surface area contributed by atoms with E-state index in [-0.39, 0.29) is 11.1 Å². The number of halogens is 2. The zero-order valence-electron chi connectivity index (χ0n) is 9.88. The van der Waals surface area contributed by atoms with Gasteiger partial charge in [-0.1, -0.05) is 23.2 Å². The monoisotopic (exact) mass is 284 g/mol. The number of amides is 1. The van der Waals surface area contributed by atoms with E-state index in [1.165, 1.54) is 25.7 Å². The molecule has 96 valence electrons. The van der Waals surface area contributed by atoms with Gasteiger partial charge in [0.25, 0.3) is 5.91 Å². The zero-order chi connectivity index (χ0) is 12.8. The first kappa shape index (κ1) is 12.2. The van der Waals surface area contributed by atoms with Gasteiger partial charge in [-0.05, 0) is 49.1 Å². The van der Waals surface area contributed by atoms with Crippen molar-refractivity contribution in [3.8, 4) is 0 Å². The Balaban J connectivity index is 1.64. The molecule has 0 saturated heterocycles. The molecule has 18 heavy (non-hydrogen) atoms. The maximum atomic E-state index is 12.0. The molecule has 5 heteroatoms. The lowest BCUT2D eigenvalue weighted by atomic mass is 10.0. The standard InChI is InChI=1S/C13H14Cl2N2O/c14-10-4-3-9(11(15)17-10)12(18)16-7-13(5-6-13)8-1-2-8/h3-4,8H,1-2,5-7H2,(H,16,18). The van der Waals surface area contributed by atoms with Gasteiger partial charge in [0.15, 0.2) is 0 Å². The van der Waals surface area contributed by atoms with Gasteiger partial charge in [0, 0.05) is 6.54 Å². The van der Waals surface area contributed by atoms with Crippen LogP contribution in [0.15, 0.2) is 12.1 Å². The molecule has 2 aliphatic carbocycles. The lowest BCUT2D eigenvalue weighted by Crippen LogP contribution is -2.31. The Labute approximate surface area is 116 Å². The van der Waals surface area contributed by atoms with Gasteiger partial charge in [0.2, 0.25) is 0 Å². The van der Waals surface area contributed by atoms with E-state index in [4.69, 9.17) is 23.2 Å². The third-order valence-corrected chi connectivity index (χ3v) is 4.49. The molecule has 0 bridgehead atoms. The number of hydrogen-bond donors (Lipinski definition) is 1. The second-order valence-corrected chi connectivity index (χ2v) is 6.04. The van der Waals surface area contributed by atoms with Gasteiger partial charge in [0.05, 0.1) is 5.56 Å². The van der Waals surface area contributed by atoms with Crippen LogP contribution in [0.3, 0.4) is 0 Å². The van der Waals surface area contributed by atoms with Crippen LogP contribution in [0.5, 0.6) is 0 Å². The van der Waals surface area contributed by atoms with Crippen LogP contribution >= 0.6 is 23.2 Å². The van der Waals surface area contributed by atoms with E-state index in [2.05, 4.69) is 10.3 Å². The van der Waals surface area contributed by atoms with Gasteiger partial charge in [-0.25, -0.2) is 4.98 Å². The SMILES string of the molecule is O=C(NCC1(C2CC2)CC1)c1ccc(Cl)nc1Cl. The minimum absolute atomic E-state index is 0.156. The summed E-state index contributed by atoms with van der Waals surface area (Å²) in [6.45, 7) is 0.759. The summed E-state index contributed by atoms with van der Waals surface area (Å²) in [7, 11) is 0. The fourth-order valence-electron chi connectivity index (χ4n) is 2.52. The number of rotatable bonds is 4. The van der Waals surface area contributed by atoms with Crippen LogP contribution < -0.4 is 5.32 Å². The Morgan fingerprint density at radius 3 is 2.67 bits per heavy atom. The van der Waals surface area contributed by atoms with Crippen molar-refractivity contribution in [2.45, 2.75) is 25.7 Å². The number of pyridine rings is 1. The smallest absolute Gasteiger partial charge is 0.254 e. The van der Waals surface area contributed by atoms with Crippen LogP contribution in [0.2, 0.25) is 10.3 Å². The van der Waals surface area contributed by atoms with Crippen LogP contribution in [-0.2, 0) is 0 Å². The molecule has 2 saturated carbocycles. The molecular formula is C13H14Cl2N2O. The third-order valence-electron chi connectivity index (χ3n) is 4.00. The van der Waals surface area contributed by atoms with Crippen molar-refractivity contribution >= 4 is 29.1 Å². The maximum Gasteiger partial charge on any atom is 0.254 e. The number of nitrogens with zero attached hydrogens (tertiary/aromatic N) is 1. The summed E-state index contributed by atoms with van der Waals surface area (Å²) in [6, 6.07) is 3.19. The van der Waals surface area contributed by atoms with Crippen molar-refractivity contribution in [3.63, 3.8) is 0 Å². The lowest BCUT2D eigenvalue weighted by Gasteiger charge is -2.15. The number of aromatic nitrogens is 1. The fraction of sp³-hybridized carbons (Fsp3) is 0.538. The predicted octanol–water partition coefficient (Wildman–Crippen LogP) is 3.31. The van der Waals surface area contributed by atoms with E-state index in [9.17, 15) is 4.79 Å². The third kappa shape index (κ3) is 2.34. The van der Waals surface area contributed by atoms with Crippen LogP contribution in [0.1, 0.15) is 36.0 Å². The number of nitrogens with one attached hydrogen (secondary N) is 1. The molecule has 3 nitrogen and oxygen atoms in total. The highest BCUT2D eigenvalue weighted by molar-refractivity contribution is 6.34. The molecule has 2 fully saturated rings. The van der Waals surface area contributed by atoms with E-state index in [1.807, 2.05) is 0 Å². The van der Waals surface area contributed by atoms with Gasteiger partial charge in [-0.15, -0.1) is 0 Å². The van der Waals surface area contributed by atoms with Gasteiger partial charge in [-0.3, -0.25) is 4.79 Å². The van der Waals surface area contributed by atoms with Crippen molar-refractivity contribution in [2.24, 2.45) is 11.3 Å². The minimum atomic E-state index is -0.156. The molecule has 1 amide bonds. The van der Waals surface area contributed by atoms with Crippen molar-refractivity contribution in [1.29, 1.82) is 0 Å². The average Bonchev–Trinajstić information content (AvgIpc) is 3.17. The summed E-state index contributed by atoms with van der Waals surface area (Å²) < 4.78 is 0. The molecule has 1 aromatic rings. The van der Waals surface area contributed by atoms with Crippen molar-refractivity contribution in [3.05, 3.63) is 28.0 Å². The van der Waals surface area contributed by atoms with E-state index in [0.717, 1.165) is 12.5 Å². The van der Waals surface area contributed by atoms with Crippen molar-refractivity contribution < 1.29 is 4.79 Å². The topological polar surface area (TPSA) is 42.0 Å². The second kappa shape index (κ2) is 4.39. The van der Waals surface area contributed by atoms with Crippen LogP contribution in [0.4, 0.5) is 0 Å². The van der Waals surface area contributed by atoms with Crippen LogP contribution in [-0.4, -0.2) is 17.4 Å². The summed E-state index contributed by atoms with van der Waals surface area (Å²) in [5.41, 5.74) is 0.787. The van der Waals surface area contributed by atoms with E-state index < -0.39 is 0 Å².